The smallest absolute Gasteiger partial charge is 0.165 e. The van der Waals surface area contributed by atoms with Crippen LogP contribution >= 0.6 is 0 Å². The molecule has 0 aliphatic heterocycles. The third-order valence-corrected chi connectivity index (χ3v) is 4.35. The molecule has 2 nitrogen and oxygen atoms in total. The zero-order valence-corrected chi connectivity index (χ0v) is 13.9. The summed E-state index contributed by atoms with van der Waals surface area (Å²) < 4.78 is 5.73. The topological polar surface area (TPSA) is 26.3 Å². The molecule has 0 aromatic heterocycles. The fourth-order valence-electron chi connectivity index (χ4n) is 3.15. The van der Waals surface area contributed by atoms with E-state index in [1.165, 1.54) is 19.3 Å². The van der Waals surface area contributed by atoms with Gasteiger partial charge in [0.15, 0.2) is 5.78 Å². The lowest BCUT2D eigenvalue weighted by Crippen LogP contribution is -2.20. The van der Waals surface area contributed by atoms with Crippen molar-refractivity contribution in [3.63, 3.8) is 0 Å². The quantitative estimate of drug-likeness (QED) is 0.716. The van der Waals surface area contributed by atoms with Crippen molar-refractivity contribution in [3.05, 3.63) is 29.3 Å². The van der Waals surface area contributed by atoms with Gasteiger partial charge in [-0.15, -0.1) is 0 Å². The fourth-order valence-corrected chi connectivity index (χ4v) is 3.15. The summed E-state index contributed by atoms with van der Waals surface area (Å²) in [6.45, 7) is 9.14. The van der Waals surface area contributed by atoms with Crippen LogP contribution in [0, 0.1) is 5.92 Å². The molecule has 0 N–H and O–H groups in total. The van der Waals surface area contributed by atoms with Gasteiger partial charge in [0.2, 0.25) is 0 Å². The molecule has 1 aromatic carbocycles. The maximum Gasteiger partial charge on any atom is 0.165 e. The molecule has 1 fully saturated rings. The third-order valence-electron chi connectivity index (χ3n) is 4.35. The van der Waals surface area contributed by atoms with Gasteiger partial charge in [-0.05, 0) is 43.4 Å². The normalized spacial score (nSPS) is 16.8. The summed E-state index contributed by atoms with van der Waals surface area (Å²) in [6, 6.07) is 5.97. The highest BCUT2D eigenvalue weighted by atomic mass is 16.5. The van der Waals surface area contributed by atoms with Crippen molar-refractivity contribution in [2.24, 2.45) is 5.92 Å². The second-order valence-electron chi connectivity index (χ2n) is 7.09. The van der Waals surface area contributed by atoms with Crippen molar-refractivity contribution in [1.82, 2.24) is 0 Å². The van der Waals surface area contributed by atoms with Crippen LogP contribution in [0.2, 0.25) is 0 Å². The molecule has 1 aliphatic carbocycles. The molecule has 0 spiro atoms. The molecule has 0 saturated heterocycles. The van der Waals surface area contributed by atoms with Crippen LogP contribution in [-0.2, 0) is 5.41 Å². The molecular formula is C19H28O2. The lowest BCUT2D eigenvalue weighted by molar-refractivity contribution is 0.0889. The Hall–Kier alpha value is -1.31. The molecule has 0 unspecified atom stereocenters. The first-order chi connectivity index (χ1) is 9.93. The van der Waals surface area contributed by atoms with Gasteiger partial charge < -0.3 is 4.74 Å². The third kappa shape index (κ3) is 3.87. The molecule has 0 atom stereocenters. The monoisotopic (exact) mass is 288 g/mol. The molecule has 2 heteroatoms. The number of hydrogen-bond acceptors (Lipinski definition) is 2. The van der Waals surface area contributed by atoms with Crippen LogP contribution in [0.1, 0.15) is 75.7 Å². The second kappa shape index (κ2) is 6.64. The number of carbonyl (C=O) groups is 1. The highest BCUT2D eigenvalue weighted by molar-refractivity contribution is 5.98. The van der Waals surface area contributed by atoms with Crippen molar-refractivity contribution < 1.29 is 9.53 Å². The van der Waals surface area contributed by atoms with Crippen LogP contribution in [0.25, 0.3) is 0 Å². The Kier molecular flexibility index (Phi) is 5.08. The number of benzene rings is 1. The van der Waals surface area contributed by atoms with E-state index in [4.69, 9.17) is 4.74 Å². The number of hydrogen-bond donors (Lipinski definition) is 0. The lowest BCUT2D eigenvalue weighted by Gasteiger charge is -2.25. The molecule has 0 heterocycles. The maximum absolute atomic E-state index is 12.7. The van der Waals surface area contributed by atoms with Crippen molar-refractivity contribution >= 4 is 5.78 Å². The lowest BCUT2D eigenvalue weighted by atomic mass is 9.81. The summed E-state index contributed by atoms with van der Waals surface area (Å²) in [6.07, 6.45) is 5.77. The summed E-state index contributed by atoms with van der Waals surface area (Å²) >= 11 is 0. The SMILES string of the molecule is CCOc1ccc(C(=O)C2CCCCC2)cc1C(C)(C)C. The Morgan fingerprint density at radius 3 is 2.43 bits per heavy atom. The summed E-state index contributed by atoms with van der Waals surface area (Å²) in [5.41, 5.74) is 1.97. The zero-order chi connectivity index (χ0) is 15.5. The minimum absolute atomic E-state index is 0.0205. The summed E-state index contributed by atoms with van der Waals surface area (Å²) in [5.74, 6) is 1.46. The van der Waals surface area contributed by atoms with E-state index in [1.54, 1.807) is 0 Å². The Morgan fingerprint density at radius 2 is 1.86 bits per heavy atom. The summed E-state index contributed by atoms with van der Waals surface area (Å²) in [7, 11) is 0. The maximum atomic E-state index is 12.7. The Bertz CT molecular complexity index is 491. The predicted molar refractivity (Wildman–Crippen MR) is 87.2 cm³/mol. The van der Waals surface area contributed by atoms with E-state index in [9.17, 15) is 4.79 Å². The second-order valence-corrected chi connectivity index (χ2v) is 7.09. The summed E-state index contributed by atoms with van der Waals surface area (Å²) in [5, 5.41) is 0. The Morgan fingerprint density at radius 1 is 1.19 bits per heavy atom. The standard InChI is InChI=1S/C19H28O2/c1-5-21-17-12-11-15(13-16(17)19(2,3)4)18(20)14-9-7-6-8-10-14/h11-14H,5-10H2,1-4H3. The van der Waals surface area contributed by atoms with Gasteiger partial charge in [0.05, 0.1) is 6.61 Å². The number of rotatable bonds is 4. The molecule has 0 bridgehead atoms. The van der Waals surface area contributed by atoms with Gasteiger partial charge in [0.1, 0.15) is 5.75 Å². The van der Waals surface area contributed by atoms with Gasteiger partial charge in [-0.25, -0.2) is 0 Å². The van der Waals surface area contributed by atoms with Gasteiger partial charge in [-0.3, -0.25) is 4.79 Å². The summed E-state index contributed by atoms with van der Waals surface area (Å²) in [4.78, 5) is 12.7. The van der Waals surface area contributed by atoms with Crippen LogP contribution in [-0.4, -0.2) is 12.4 Å². The highest BCUT2D eigenvalue weighted by Crippen LogP contribution is 2.34. The molecule has 0 radical (unpaired) electrons. The molecule has 1 saturated carbocycles. The molecular weight excluding hydrogens is 260 g/mol. The molecule has 1 aromatic rings. The van der Waals surface area contributed by atoms with Gasteiger partial charge in [0, 0.05) is 17.0 Å². The van der Waals surface area contributed by atoms with Gasteiger partial charge in [-0.1, -0.05) is 40.0 Å². The molecule has 0 amide bonds. The Labute approximate surface area is 128 Å². The van der Waals surface area contributed by atoms with E-state index in [0.29, 0.717) is 12.4 Å². The molecule has 21 heavy (non-hydrogen) atoms. The van der Waals surface area contributed by atoms with Crippen molar-refractivity contribution in [1.29, 1.82) is 0 Å². The van der Waals surface area contributed by atoms with E-state index in [2.05, 4.69) is 26.8 Å². The van der Waals surface area contributed by atoms with E-state index in [1.807, 2.05) is 19.1 Å². The molecule has 116 valence electrons. The van der Waals surface area contributed by atoms with Crippen LogP contribution in [0.4, 0.5) is 0 Å². The Balaban J connectivity index is 2.30. The average Bonchev–Trinajstić information content (AvgIpc) is 2.47. The van der Waals surface area contributed by atoms with E-state index >= 15 is 0 Å². The average molecular weight is 288 g/mol. The van der Waals surface area contributed by atoms with Gasteiger partial charge in [-0.2, -0.15) is 0 Å². The van der Waals surface area contributed by atoms with E-state index < -0.39 is 0 Å². The number of carbonyl (C=O) groups excluding carboxylic acids is 1. The van der Waals surface area contributed by atoms with Gasteiger partial charge >= 0.3 is 0 Å². The number of ether oxygens (including phenoxy) is 1. The molecule has 2 rings (SSSR count). The van der Waals surface area contributed by atoms with Crippen LogP contribution in [0.5, 0.6) is 5.75 Å². The highest BCUT2D eigenvalue weighted by Gasteiger charge is 2.25. The van der Waals surface area contributed by atoms with E-state index in [-0.39, 0.29) is 11.3 Å². The first-order valence-corrected chi connectivity index (χ1v) is 8.25. The van der Waals surface area contributed by atoms with Crippen molar-refractivity contribution in [2.75, 3.05) is 6.61 Å². The predicted octanol–water partition coefficient (Wildman–Crippen LogP) is 5.15. The number of ketones is 1. The largest absolute Gasteiger partial charge is 0.494 e. The van der Waals surface area contributed by atoms with E-state index in [0.717, 1.165) is 29.7 Å². The minimum atomic E-state index is -0.0205. The number of Topliss-reactive ketones (excluding diaryl/α,β-unsaturated/α-hetero) is 1. The first kappa shape index (κ1) is 16.1. The van der Waals surface area contributed by atoms with Crippen molar-refractivity contribution in [2.45, 2.75) is 65.2 Å². The van der Waals surface area contributed by atoms with Crippen LogP contribution in [0.3, 0.4) is 0 Å². The first-order valence-electron chi connectivity index (χ1n) is 8.25. The molecule has 1 aliphatic rings. The van der Waals surface area contributed by atoms with Crippen LogP contribution < -0.4 is 4.74 Å². The van der Waals surface area contributed by atoms with Crippen LogP contribution in [0.15, 0.2) is 18.2 Å². The zero-order valence-electron chi connectivity index (χ0n) is 13.9. The minimum Gasteiger partial charge on any atom is -0.494 e. The fraction of sp³-hybridized carbons (Fsp3) is 0.632. The van der Waals surface area contributed by atoms with Gasteiger partial charge in [0.25, 0.3) is 0 Å². The van der Waals surface area contributed by atoms with Crippen molar-refractivity contribution in [3.8, 4) is 5.75 Å².